The third-order valence-electron chi connectivity index (χ3n) is 3.85. The van der Waals surface area contributed by atoms with E-state index in [9.17, 15) is 9.90 Å². The van der Waals surface area contributed by atoms with Gasteiger partial charge in [-0.05, 0) is 29.5 Å². The maximum atomic E-state index is 12.6. The summed E-state index contributed by atoms with van der Waals surface area (Å²) in [4.78, 5) is 12.6. The van der Waals surface area contributed by atoms with Gasteiger partial charge < -0.3 is 5.11 Å². The van der Waals surface area contributed by atoms with Crippen molar-refractivity contribution < 1.29 is 9.90 Å². The van der Waals surface area contributed by atoms with E-state index in [1.165, 1.54) is 0 Å². The molecule has 0 radical (unpaired) electrons. The third-order valence-corrected chi connectivity index (χ3v) is 3.85. The highest BCUT2D eigenvalue weighted by molar-refractivity contribution is 6.02. The Hall–Kier alpha value is -3.06. The van der Waals surface area contributed by atoms with E-state index < -0.39 is 6.10 Å². The van der Waals surface area contributed by atoms with Crippen molar-refractivity contribution in [2.24, 2.45) is 0 Å². The van der Waals surface area contributed by atoms with Crippen LogP contribution in [0.25, 0.3) is 22.3 Å². The normalized spacial score (nSPS) is 17.4. The molecular formula is C16H13N5O2. The van der Waals surface area contributed by atoms with Gasteiger partial charge in [0.2, 0.25) is 5.82 Å². The highest BCUT2D eigenvalue weighted by Crippen LogP contribution is 2.24. The molecule has 2 heterocycles. The van der Waals surface area contributed by atoms with E-state index in [0.29, 0.717) is 17.8 Å². The molecule has 2 N–H and O–H groups in total. The fraction of sp³-hybridized carbons (Fsp3) is 0.125. The number of nitrogens with zero attached hydrogens (tertiary/aromatic N) is 4. The molecule has 1 aliphatic rings. The smallest absolute Gasteiger partial charge is 0.258 e. The van der Waals surface area contributed by atoms with Gasteiger partial charge in [0.25, 0.3) is 5.91 Å². The molecule has 7 nitrogen and oxygen atoms in total. The number of tetrazole rings is 1. The fourth-order valence-corrected chi connectivity index (χ4v) is 2.72. The van der Waals surface area contributed by atoms with Crippen LogP contribution in [0, 0.1) is 0 Å². The van der Waals surface area contributed by atoms with Crippen LogP contribution in [-0.4, -0.2) is 42.3 Å². The van der Waals surface area contributed by atoms with Crippen molar-refractivity contribution in [1.29, 1.82) is 0 Å². The molecule has 1 aliphatic carbocycles. The summed E-state index contributed by atoms with van der Waals surface area (Å²) in [7, 11) is 0. The van der Waals surface area contributed by atoms with Gasteiger partial charge in [0, 0.05) is 29.1 Å². The largest absolute Gasteiger partial charge is 0.389 e. The monoisotopic (exact) mass is 307 g/mol. The molecule has 114 valence electrons. The second kappa shape index (κ2) is 5.29. The second-order valence-corrected chi connectivity index (χ2v) is 5.35. The Morgan fingerprint density at radius 2 is 2.26 bits per heavy atom. The van der Waals surface area contributed by atoms with Crippen LogP contribution < -0.4 is 0 Å². The Bertz CT molecular complexity index is 937. The van der Waals surface area contributed by atoms with E-state index in [4.69, 9.17) is 0 Å². The zero-order valence-electron chi connectivity index (χ0n) is 12.0. The van der Waals surface area contributed by atoms with E-state index in [1.807, 2.05) is 24.3 Å². The summed E-state index contributed by atoms with van der Waals surface area (Å²) in [5.74, 6) is 0.380. The molecule has 0 saturated heterocycles. The molecule has 23 heavy (non-hydrogen) atoms. The third kappa shape index (κ3) is 2.36. The number of aromatic nitrogens is 5. The quantitative estimate of drug-likeness (QED) is 0.751. The molecule has 0 amide bonds. The number of fused-ring (bicyclic) bond motifs is 1. The number of aliphatic hydroxyl groups is 1. The zero-order chi connectivity index (χ0) is 15.8. The number of allylic oxidation sites excluding steroid dienone is 2. The van der Waals surface area contributed by atoms with Crippen LogP contribution >= 0.6 is 0 Å². The van der Waals surface area contributed by atoms with Crippen molar-refractivity contribution in [1.82, 2.24) is 25.2 Å². The maximum absolute atomic E-state index is 12.6. The zero-order valence-corrected chi connectivity index (χ0v) is 12.0. The molecule has 2 aromatic heterocycles. The number of rotatable bonds is 2. The van der Waals surface area contributed by atoms with E-state index in [0.717, 1.165) is 16.5 Å². The first kappa shape index (κ1) is 13.6. The Kier molecular flexibility index (Phi) is 3.13. The van der Waals surface area contributed by atoms with E-state index in [1.54, 1.807) is 29.0 Å². The summed E-state index contributed by atoms with van der Waals surface area (Å²) in [6.45, 7) is 0. The fourth-order valence-electron chi connectivity index (χ4n) is 2.72. The van der Waals surface area contributed by atoms with Gasteiger partial charge >= 0.3 is 0 Å². The van der Waals surface area contributed by atoms with Gasteiger partial charge in [-0.1, -0.05) is 18.2 Å². The molecule has 0 spiro atoms. The molecule has 0 saturated carbocycles. The summed E-state index contributed by atoms with van der Waals surface area (Å²) in [5, 5.41) is 24.4. The molecule has 0 aliphatic heterocycles. The molecular weight excluding hydrogens is 294 g/mol. The highest BCUT2D eigenvalue weighted by Gasteiger charge is 2.18. The molecule has 7 heteroatoms. The van der Waals surface area contributed by atoms with Gasteiger partial charge in [0.1, 0.15) is 0 Å². The number of H-pyrrole nitrogens is 1. The van der Waals surface area contributed by atoms with Crippen molar-refractivity contribution in [2.45, 2.75) is 12.5 Å². The van der Waals surface area contributed by atoms with Crippen LogP contribution in [0.3, 0.4) is 0 Å². The van der Waals surface area contributed by atoms with Gasteiger partial charge in [0.15, 0.2) is 0 Å². The van der Waals surface area contributed by atoms with Crippen molar-refractivity contribution in [3.8, 4) is 11.4 Å². The van der Waals surface area contributed by atoms with E-state index >= 15 is 0 Å². The average Bonchev–Trinajstić information content (AvgIpc) is 3.23. The maximum Gasteiger partial charge on any atom is 0.258 e. The number of benzene rings is 1. The summed E-state index contributed by atoms with van der Waals surface area (Å²) >= 11 is 0. The lowest BCUT2D eigenvalue weighted by Gasteiger charge is -2.13. The van der Waals surface area contributed by atoms with Gasteiger partial charge in [0.05, 0.1) is 11.6 Å². The number of carbonyl (C=O) groups is 1. The molecule has 4 rings (SSSR count). The average molecular weight is 307 g/mol. The minimum absolute atomic E-state index is 0.129. The van der Waals surface area contributed by atoms with Crippen LogP contribution in [-0.2, 0) is 0 Å². The Morgan fingerprint density at radius 3 is 3.04 bits per heavy atom. The highest BCUT2D eigenvalue weighted by atomic mass is 16.3. The number of hydrogen-bond donors (Lipinski definition) is 2. The summed E-state index contributed by atoms with van der Waals surface area (Å²) in [6.07, 6.45) is 6.58. The summed E-state index contributed by atoms with van der Waals surface area (Å²) in [5.41, 5.74) is 2.21. The van der Waals surface area contributed by atoms with Crippen molar-refractivity contribution in [2.75, 3.05) is 0 Å². The Balaban J connectivity index is 1.73. The number of carbonyl (C=O) groups excluding carboxylic acids is 1. The standard InChI is InChI=1S/C16H13N5O2/c22-13-3-1-2-12(9-13)16(23)21-7-6-10-8-11(4-5-14(10)21)15-17-19-20-18-15/h1-8,13,22H,9H2,(H,17,18,19,20). The van der Waals surface area contributed by atoms with E-state index in [2.05, 4.69) is 20.6 Å². The summed E-state index contributed by atoms with van der Waals surface area (Å²) < 4.78 is 1.59. The first-order chi connectivity index (χ1) is 11.2. The first-order valence-electron chi connectivity index (χ1n) is 7.17. The topological polar surface area (TPSA) is 96.7 Å². The molecule has 1 unspecified atom stereocenters. The Morgan fingerprint density at radius 1 is 1.35 bits per heavy atom. The second-order valence-electron chi connectivity index (χ2n) is 5.35. The Labute approximate surface area is 130 Å². The van der Waals surface area contributed by atoms with Crippen LogP contribution in [0.4, 0.5) is 0 Å². The lowest BCUT2D eigenvalue weighted by atomic mass is 10.0. The van der Waals surface area contributed by atoms with E-state index in [-0.39, 0.29) is 5.91 Å². The first-order valence-corrected chi connectivity index (χ1v) is 7.17. The molecule has 1 aromatic carbocycles. The van der Waals surface area contributed by atoms with Crippen LogP contribution in [0.15, 0.2) is 54.3 Å². The molecule has 1 atom stereocenters. The predicted octanol–water partition coefficient (Wildman–Crippen LogP) is 1.71. The van der Waals surface area contributed by atoms with Gasteiger partial charge in [-0.2, -0.15) is 5.21 Å². The minimum Gasteiger partial charge on any atom is -0.389 e. The molecule has 3 aromatic rings. The van der Waals surface area contributed by atoms with Crippen LogP contribution in [0.2, 0.25) is 0 Å². The van der Waals surface area contributed by atoms with Crippen molar-refractivity contribution in [3.05, 3.63) is 54.3 Å². The lowest BCUT2D eigenvalue weighted by Crippen LogP contribution is -2.18. The minimum atomic E-state index is -0.606. The SMILES string of the molecule is O=C(C1=CC=CC(O)C1)n1ccc2cc(-c3nn[nH]n3)ccc21. The van der Waals surface area contributed by atoms with Crippen molar-refractivity contribution >= 4 is 16.8 Å². The number of nitrogens with one attached hydrogen (secondary N) is 1. The van der Waals surface area contributed by atoms with Crippen LogP contribution in [0.1, 0.15) is 11.2 Å². The summed E-state index contributed by atoms with van der Waals surface area (Å²) in [6, 6.07) is 7.48. The van der Waals surface area contributed by atoms with Gasteiger partial charge in [-0.25, -0.2) is 0 Å². The number of hydrogen-bond acceptors (Lipinski definition) is 5. The molecule has 0 fully saturated rings. The lowest BCUT2D eigenvalue weighted by molar-refractivity contribution is 0.0945. The number of aliphatic hydroxyl groups excluding tert-OH is 1. The number of aromatic amines is 1. The van der Waals surface area contributed by atoms with Gasteiger partial charge in [-0.3, -0.25) is 9.36 Å². The van der Waals surface area contributed by atoms with Gasteiger partial charge in [-0.15, -0.1) is 10.2 Å². The van der Waals surface area contributed by atoms with Crippen molar-refractivity contribution in [3.63, 3.8) is 0 Å². The van der Waals surface area contributed by atoms with Crippen LogP contribution in [0.5, 0.6) is 0 Å². The molecule has 0 bridgehead atoms. The predicted molar refractivity (Wildman–Crippen MR) is 83.6 cm³/mol.